The van der Waals surface area contributed by atoms with Crippen molar-refractivity contribution in [2.24, 2.45) is 0 Å². The summed E-state index contributed by atoms with van der Waals surface area (Å²) in [5.41, 5.74) is 2.18. The quantitative estimate of drug-likeness (QED) is 0.764. The van der Waals surface area contributed by atoms with Crippen LogP contribution in [0, 0.1) is 0 Å². The summed E-state index contributed by atoms with van der Waals surface area (Å²) < 4.78 is 0. The lowest BCUT2D eigenvalue weighted by Gasteiger charge is -2.20. The van der Waals surface area contributed by atoms with E-state index in [2.05, 4.69) is 48.2 Å². The Hall–Kier alpha value is -1.03. The average molecular weight is 294 g/mol. The Kier molecular flexibility index (Phi) is 5.46. The highest BCUT2D eigenvalue weighted by molar-refractivity contribution is 6.36. The van der Waals surface area contributed by atoms with Crippen molar-refractivity contribution in [3.8, 4) is 0 Å². The van der Waals surface area contributed by atoms with E-state index in [4.69, 9.17) is 11.6 Å². The maximum absolute atomic E-state index is 6.38. The van der Waals surface area contributed by atoms with Crippen LogP contribution < -0.4 is 5.32 Å². The van der Waals surface area contributed by atoms with Gasteiger partial charge >= 0.3 is 0 Å². The lowest BCUT2D eigenvalue weighted by molar-refractivity contribution is 0.269. The van der Waals surface area contributed by atoms with Crippen LogP contribution in [0.25, 0.3) is 10.9 Å². The van der Waals surface area contributed by atoms with Gasteiger partial charge in [0, 0.05) is 29.2 Å². The first-order valence-electron chi connectivity index (χ1n) is 7.25. The van der Waals surface area contributed by atoms with Gasteiger partial charge in [-0.25, -0.2) is 0 Å². The van der Waals surface area contributed by atoms with Gasteiger partial charge < -0.3 is 15.2 Å². The molecule has 0 saturated carbocycles. The van der Waals surface area contributed by atoms with Crippen molar-refractivity contribution in [2.45, 2.75) is 32.9 Å². The van der Waals surface area contributed by atoms with Gasteiger partial charge in [-0.2, -0.15) is 0 Å². The third-order valence-corrected chi connectivity index (χ3v) is 4.19. The van der Waals surface area contributed by atoms with Crippen LogP contribution in [0.15, 0.2) is 24.3 Å². The van der Waals surface area contributed by atoms with E-state index in [1.165, 1.54) is 0 Å². The number of nitrogens with zero attached hydrogens (tertiary/aromatic N) is 1. The van der Waals surface area contributed by atoms with Crippen LogP contribution >= 0.6 is 11.6 Å². The summed E-state index contributed by atoms with van der Waals surface area (Å²) in [5.74, 6) is 0. The van der Waals surface area contributed by atoms with Gasteiger partial charge in [0.25, 0.3) is 0 Å². The molecule has 110 valence electrons. The number of para-hydroxylation sites is 1. The smallest absolute Gasteiger partial charge is 0.0705 e. The predicted octanol–water partition coefficient (Wildman–Crippen LogP) is 3.64. The van der Waals surface area contributed by atoms with E-state index in [9.17, 15) is 0 Å². The molecule has 1 aromatic carbocycles. The Morgan fingerprint density at radius 2 is 2.05 bits per heavy atom. The summed E-state index contributed by atoms with van der Waals surface area (Å²) >= 11 is 6.38. The first kappa shape index (κ1) is 15.4. The molecule has 20 heavy (non-hydrogen) atoms. The Morgan fingerprint density at radius 1 is 1.30 bits per heavy atom. The first-order valence-corrected chi connectivity index (χ1v) is 7.63. The number of hydrogen-bond donors (Lipinski definition) is 2. The fraction of sp³-hybridized carbons (Fsp3) is 0.500. The third kappa shape index (κ3) is 3.75. The predicted molar refractivity (Wildman–Crippen MR) is 87.4 cm³/mol. The fourth-order valence-corrected chi connectivity index (χ4v) is 2.49. The molecule has 2 aromatic rings. The zero-order valence-electron chi connectivity index (χ0n) is 12.5. The number of aromatic nitrogens is 1. The molecule has 0 spiro atoms. The summed E-state index contributed by atoms with van der Waals surface area (Å²) in [6.07, 6.45) is 1.15. The molecule has 0 unspecified atom stereocenters. The summed E-state index contributed by atoms with van der Waals surface area (Å²) in [7, 11) is 2.17. The molecule has 0 aliphatic rings. The lowest BCUT2D eigenvalue weighted by atomic mass is 10.2. The van der Waals surface area contributed by atoms with Crippen molar-refractivity contribution < 1.29 is 0 Å². The van der Waals surface area contributed by atoms with Crippen LogP contribution in [-0.4, -0.2) is 36.1 Å². The van der Waals surface area contributed by atoms with Gasteiger partial charge in [0.1, 0.15) is 0 Å². The highest BCUT2D eigenvalue weighted by Gasteiger charge is 2.08. The minimum Gasteiger partial charge on any atom is -0.356 e. The fourth-order valence-electron chi connectivity index (χ4n) is 2.21. The second-order valence-electron chi connectivity index (χ2n) is 5.57. The molecule has 4 heteroatoms. The van der Waals surface area contributed by atoms with Crippen LogP contribution in [0.2, 0.25) is 5.02 Å². The molecule has 3 nitrogen and oxygen atoms in total. The number of benzene rings is 1. The van der Waals surface area contributed by atoms with Gasteiger partial charge in [-0.3, -0.25) is 0 Å². The Labute approximate surface area is 126 Å². The minimum absolute atomic E-state index is 0.609. The van der Waals surface area contributed by atoms with Gasteiger partial charge in [-0.15, -0.1) is 0 Å². The molecule has 0 amide bonds. The molecule has 2 rings (SSSR count). The molecule has 0 bridgehead atoms. The number of nitrogens with one attached hydrogen (secondary N) is 2. The average Bonchev–Trinajstić information content (AvgIpc) is 2.75. The molecular formula is C16H24ClN3. The minimum atomic E-state index is 0.609. The number of halogens is 1. The summed E-state index contributed by atoms with van der Waals surface area (Å²) in [6, 6.07) is 8.75. The monoisotopic (exact) mass is 293 g/mol. The number of rotatable bonds is 7. The molecule has 2 N–H and O–H groups in total. The van der Waals surface area contributed by atoms with E-state index in [0.717, 1.165) is 47.7 Å². The normalized spacial score (nSPS) is 11.9. The number of aromatic amines is 1. The van der Waals surface area contributed by atoms with Crippen LogP contribution in [0.1, 0.15) is 26.0 Å². The summed E-state index contributed by atoms with van der Waals surface area (Å²) in [6.45, 7) is 7.35. The molecule has 0 aliphatic heterocycles. The SMILES string of the molecule is CC(C)N(C)CCCNCc1[nH]c2ccccc2c1Cl. The molecule has 1 aromatic heterocycles. The first-order chi connectivity index (χ1) is 9.59. The van der Waals surface area contributed by atoms with Crippen molar-refractivity contribution in [3.63, 3.8) is 0 Å². The van der Waals surface area contributed by atoms with Crippen molar-refractivity contribution in [1.29, 1.82) is 0 Å². The van der Waals surface area contributed by atoms with Crippen molar-refractivity contribution in [3.05, 3.63) is 35.0 Å². The van der Waals surface area contributed by atoms with E-state index < -0.39 is 0 Å². The molecular weight excluding hydrogens is 270 g/mol. The zero-order valence-corrected chi connectivity index (χ0v) is 13.3. The lowest BCUT2D eigenvalue weighted by Crippen LogP contribution is -2.29. The molecule has 0 aliphatic carbocycles. The standard InChI is InChI=1S/C16H24ClN3/c1-12(2)20(3)10-6-9-18-11-15-16(17)13-7-4-5-8-14(13)19-15/h4-5,7-8,12,18-19H,6,9-11H2,1-3H3. The van der Waals surface area contributed by atoms with Gasteiger partial charge in [0.05, 0.1) is 5.02 Å². The Bertz CT molecular complexity index is 548. The second-order valence-corrected chi connectivity index (χ2v) is 5.95. The van der Waals surface area contributed by atoms with Crippen molar-refractivity contribution in [2.75, 3.05) is 20.1 Å². The van der Waals surface area contributed by atoms with Crippen LogP contribution in [0.4, 0.5) is 0 Å². The molecule has 0 fully saturated rings. The highest BCUT2D eigenvalue weighted by Crippen LogP contribution is 2.26. The largest absolute Gasteiger partial charge is 0.356 e. The number of hydrogen-bond acceptors (Lipinski definition) is 2. The van der Waals surface area contributed by atoms with Crippen LogP contribution in [0.3, 0.4) is 0 Å². The Balaban J connectivity index is 1.80. The van der Waals surface area contributed by atoms with Crippen LogP contribution in [0.5, 0.6) is 0 Å². The number of fused-ring (bicyclic) bond motifs is 1. The third-order valence-electron chi connectivity index (χ3n) is 3.76. The Morgan fingerprint density at radius 3 is 2.75 bits per heavy atom. The summed E-state index contributed by atoms with van der Waals surface area (Å²) in [4.78, 5) is 5.74. The van der Waals surface area contributed by atoms with Crippen LogP contribution in [-0.2, 0) is 6.54 Å². The van der Waals surface area contributed by atoms with E-state index in [-0.39, 0.29) is 0 Å². The van der Waals surface area contributed by atoms with Gasteiger partial charge in [-0.1, -0.05) is 29.8 Å². The molecule has 0 saturated heterocycles. The van der Waals surface area contributed by atoms with E-state index >= 15 is 0 Å². The molecule has 0 radical (unpaired) electrons. The second kappa shape index (κ2) is 7.11. The zero-order chi connectivity index (χ0) is 14.5. The topological polar surface area (TPSA) is 31.1 Å². The maximum Gasteiger partial charge on any atom is 0.0705 e. The molecule has 0 atom stereocenters. The van der Waals surface area contributed by atoms with E-state index in [0.29, 0.717) is 6.04 Å². The van der Waals surface area contributed by atoms with Gasteiger partial charge in [-0.05, 0) is 46.5 Å². The maximum atomic E-state index is 6.38. The highest BCUT2D eigenvalue weighted by atomic mass is 35.5. The van der Waals surface area contributed by atoms with Gasteiger partial charge in [0.2, 0.25) is 0 Å². The van der Waals surface area contributed by atoms with Crippen molar-refractivity contribution in [1.82, 2.24) is 15.2 Å². The molecule has 1 heterocycles. The van der Waals surface area contributed by atoms with E-state index in [1.807, 2.05) is 12.1 Å². The number of H-pyrrole nitrogens is 1. The summed E-state index contributed by atoms with van der Waals surface area (Å²) in [5, 5.41) is 5.40. The van der Waals surface area contributed by atoms with E-state index in [1.54, 1.807) is 0 Å². The van der Waals surface area contributed by atoms with Crippen molar-refractivity contribution >= 4 is 22.5 Å². The van der Waals surface area contributed by atoms with Gasteiger partial charge in [0.15, 0.2) is 0 Å².